The second-order valence-corrected chi connectivity index (χ2v) is 16.1. The van der Waals surface area contributed by atoms with Gasteiger partial charge in [0.2, 0.25) is 0 Å². The average molecular weight is 960 g/mol. The third-order valence-corrected chi connectivity index (χ3v) is 10.7. The molecule has 10 aromatic carbocycles. The van der Waals surface area contributed by atoms with E-state index in [1.807, 2.05) is 0 Å². The van der Waals surface area contributed by atoms with Crippen molar-refractivity contribution in [1.29, 1.82) is 0 Å². The van der Waals surface area contributed by atoms with Gasteiger partial charge in [-0.05, 0) is 0 Å². The van der Waals surface area contributed by atoms with E-state index in [1.54, 1.807) is 0 Å². The Morgan fingerprint density at radius 1 is 0.234 bits per heavy atom. The van der Waals surface area contributed by atoms with Crippen LogP contribution >= 0.6 is 0 Å². The zero-order valence-corrected chi connectivity index (χ0v) is 41.2. The molecule has 0 spiro atoms. The second-order valence-electron chi connectivity index (χ2n) is 14.9. The molecule has 0 N–H and O–H groups in total. The summed E-state index contributed by atoms with van der Waals surface area (Å²) in [7, 11) is 0.750. The van der Waals surface area contributed by atoms with Crippen molar-refractivity contribution in [3.05, 3.63) is 255 Å². The molecular formula is C60H49Cl2SiZr. The third-order valence-electron chi connectivity index (χ3n) is 10.7. The van der Waals surface area contributed by atoms with Gasteiger partial charge < -0.3 is 24.8 Å². The molecular weight excluding hydrogens is 911 g/mol. The Morgan fingerprint density at radius 3 is 0.500 bits per heavy atom. The molecule has 0 aliphatic carbocycles. The van der Waals surface area contributed by atoms with Gasteiger partial charge in [-0.3, -0.25) is 0 Å². The molecule has 10 aromatic rings. The molecule has 0 aliphatic rings. The van der Waals surface area contributed by atoms with Crippen molar-refractivity contribution >= 4 is 9.52 Å². The standard InChI is InChI=1S/2C29H21.C2H7Si.2ClH.Zr/c2*1-5-13-22(14-6-1)26-21-27(23-15-7-2-8-16-23)29(25-19-11-4-12-20-25)28(26)24-17-9-3-10-18-24;1-3-2;;;/h2*1-21H;3H,1-2H3;2*1H;/q2*-1;;;;+4/p-2. The van der Waals surface area contributed by atoms with Crippen molar-refractivity contribution in [3.8, 4) is 89.0 Å². The summed E-state index contributed by atoms with van der Waals surface area (Å²) >= 11 is 0. The maximum atomic E-state index is 2.36. The van der Waals surface area contributed by atoms with E-state index in [-0.39, 0.29) is 51.0 Å². The molecule has 10 rings (SSSR count). The average Bonchev–Trinajstić information content (AvgIpc) is 3.95. The molecule has 0 heterocycles. The topological polar surface area (TPSA) is 0 Å². The van der Waals surface area contributed by atoms with Crippen LogP contribution in [0.5, 0.6) is 0 Å². The van der Waals surface area contributed by atoms with Crippen LogP contribution < -0.4 is 24.8 Å². The Bertz CT molecular complexity index is 2450. The van der Waals surface area contributed by atoms with Crippen LogP contribution in [0.15, 0.2) is 255 Å². The zero-order valence-electron chi connectivity index (χ0n) is 36.1. The van der Waals surface area contributed by atoms with E-state index in [2.05, 4.69) is 268 Å². The van der Waals surface area contributed by atoms with Crippen LogP contribution in [0.1, 0.15) is 0 Å². The fourth-order valence-electron chi connectivity index (χ4n) is 8.12. The van der Waals surface area contributed by atoms with Crippen molar-refractivity contribution in [2.75, 3.05) is 0 Å². The molecule has 0 saturated heterocycles. The third kappa shape index (κ3) is 11.4. The summed E-state index contributed by atoms with van der Waals surface area (Å²) in [5.74, 6) is 0. The summed E-state index contributed by atoms with van der Waals surface area (Å²) in [5.41, 5.74) is 20.2. The van der Waals surface area contributed by atoms with Crippen molar-refractivity contribution in [1.82, 2.24) is 0 Å². The van der Waals surface area contributed by atoms with Gasteiger partial charge in [0.1, 0.15) is 0 Å². The minimum absolute atomic E-state index is 0. The molecule has 0 unspecified atom stereocenters. The van der Waals surface area contributed by atoms with Crippen molar-refractivity contribution in [3.63, 3.8) is 0 Å². The summed E-state index contributed by atoms with van der Waals surface area (Å²) in [6.45, 7) is 4.42. The van der Waals surface area contributed by atoms with E-state index in [0.717, 1.165) is 9.52 Å². The van der Waals surface area contributed by atoms with Gasteiger partial charge >= 0.3 is 26.2 Å². The van der Waals surface area contributed by atoms with Crippen LogP contribution in [0, 0.1) is 0 Å². The quantitative estimate of drug-likeness (QED) is 0.105. The predicted octanol–water partition coefficient (Wildman–Crippen LogP) is 10.7. The first-order valence-corrected chi connectivity index (χ1v) is 23.4. The summed E-state index contributed by atoms with van der Waals surface area (Å²) in [4.78, 5) is 0. The van der Waals surface area contributed by atoms with Gasteiger partial charge in [0.25, 0.3) is 0 Å². The molecule has 0 aromatic heterocycles. The number of halogens is 2. The largest absolute Gasteiger partial charge is 4.00 e. The Morgan fingerprint density at radius 2 is 0.359 bits per heavy atom. The van der Waals surface area contributed by atoms with Gasteiger partial charge in [0, 0.05) is 9.52 Å². The van der Waals surface area contributed by atoms with Crippen LogP contribution in [0.2, 0.25) is 13.1 Å². The first-order chi connectivity index (χ1) is 30.2. The Kier molecular flexibility index (Phi) is 19.1. The number of hydrogen-bond acceptors (Lipinski definition) is 0. The molecule has 4 heteroatoms. The molecule has 0 atom stereocenters. The van der Waals surface area contributed by atoms with E-state index >= 15 is 0 Å². The van der Waals surface area contributed by atoms with Gasteiger partial charge in [-0.25, -0.2) is 0 Å². The van der Waals surface area contributed by atoms with E-state index in [4.69, 9.17) is 0 Å². The molecule has 0 nitrogen and oxygen atoms in total. The smallest absolute Gasteiger partial charge is 1.00 e. The minimum atomic E-state index is 0. The van der Waals surface area contributed by atoms with Crippen LogP contribution in [-0.4, -0.2) is 9.52 Å². The molecule has 311 valence electrons. The van der Waals surface area contributed by atoms with Crippen molar-refractivity contribution in [2.24, 2.45) is 0 Å². The van der Waals surface area contributed by atoms with Crippen LogP contribution in [0.25, 0.3) is 89.0 Å². The van der Waals surface area contributed by atoms with Gasteiger partial charge in [-0.1, -0.05) is 300 Å². The number of hydrogen-bond donors (Lipinski definition) is 0. The zero-order chi connectivity index (χ0) is 41.6. The molecule has 64 heavy (non-hydrogen) atoms. The summed E-state index contributed by atoms with van der Waals surface area (Å²) < 4.78 is 0. The minimum Gasteiger partial charge on any atom is -1.00 e. The van der Waals surface area contributed by atoms with Gasteiger partial charge in [-0.2, -0.15) is 0 Å². The van der Waals surface area contributed by atoms with Crippen LogP contribution in [0.3, 0.4) is 0 Å². The summed E-state index contributed by atoms with van der Waals surface area (Å²) in [6.07, 6.45) is 0. The van der Waals surface area contributed by atoms with Crippen LogP contribution in [0.4, 0.5) is 0 Å². The maximum absolute atomic E-state index is 2.36. The van der Waals surface area contributed by atoms with Gasteiger partial charge in [-0.15, -0.1) is 56.6 Å². The van der Waals surface area contributed by atoms with E-state index in [0.29, 0.717) is 0 Å². The fourth-order valence-corrected chi connectivity index (χ4v) is 8.12. The molecule has 0 aliphatic heterocycles. The van der Waals surface area contributed by atoms with E-state index in [1.165, 1.54) is 89.0 Å². The molecule has 0 bridgehead atoms. The van der Waals surface area contributed by atoms with Crippen LogP contribution in [-0.2, 0) is 26.2 Å². The first kappa shape index (κ1) is 49.2. The predicted molar refractivity (Wildman–Crippen MR) is 266 cm³/mol. The van der Waals surface area contributed by atoms with Crippen molar-refractivity contribution in [2.45, 2.75) is 13.1 Å². The summed E-state index contributed by atoms with van der Waals surface area (Å²) in [6, 6.07) is 90.5. The monoisotopic (exact) mass is 957 g/mol. The second kappa shape index (κ2) is 24.8. The number of benzene rings is 8. The van der Waals surface area contributed by atoms with Gasteiger partial charge in [0.15, 0.2) is 0 Å². The normalized spacial score (nSPS) is 10.0. The molecule has 0 fully saturated rings. The van der Waals surface area contributed by atoms with E-state index < -0.39 is 0 Å². The Labute approximate surface area is 414 Å². The van der Waals surface area contributed by atoms with Gasteiger partial charge in [0.05, 0.1) is 0 Å². The Hall–Kier alpha value is -5.86. The number of rotatable bonds is 8. The SMILES string of the molecule is C[SiH]C.[Cl-].[Cl-].[Zr+4].c1ccc(-c2[cH-]c(-c3ccccc3)c(-c3ccccc3)c2-c2ccccc2)cc1.c1ccc(-c2[cH-]c(-c3ccccc3)c(-c3ccccc3)c2-c2ccccc2)cc1. The molecule has 1 radical (unpaired) electrons. The van der Waals surface area contributed by atoms with E-state index in [9.17, 15) is 0 Å². The Balaban J connectivity index is 0.000000217. The first-order valence-electron chi connectivity index (χ1n) is 21.1. The van der Waals surface area contributed by atoms with Crippen molar-refractivity contribution < 1.29 is 51.0 Å². The summed E-state index contributed by atoms with van der Waals surface area (Å²) in [5, 5.41) is 0. The molecule has 0 saturated carbocycles. The maximum Gasteiger partial charge on any atom is 4.00 e. The fraction of sp³-hybridized carbons (Fsp3) is 0.0333. The molecule has 0 amide bonds.